The molecule has 0 bridgehead atoms. The van der Waals surface area contributed by atoms with Gasteiger partial charge < -0.3 is 27.9 Å². The van der Waals surface area contributed by atoms with E-state index in [-0.39, 0.29) is 25.8 Å². The van der Waals surface area contributed by atoms with Crippen molar-refractivity contribution in [2.24, 2.45) is 0 Å². The molecule has 0 spiro atoms. The fraction of sp³-hybridized carbons (Fsp3) is 0.968. The van der Waals surface area contributed by atoms with Gasteiger partial charge in [-0.25, -0.2) is 0 Å². The van der Waals surface area contributed by atoms with Gasteiger partial charge in [0.05, 0.1) is 34.4 Å². The Morgan fingerprint density at radius 3 is 1.62 bits per heavy atom. The first-order valence-electron chi connectivity index (χ1n) is 16.3. The van der Waals surface area contributed by atoms with Crippen LogP contribution in [0.5, 0.6) is 0 Å². The van der Waals surface area contributed by atoms with Crippen LogP contribution < -0.4 is 4.89 Å². The zero-order chi connectivity index (χ0) is 30.0. The average molecular weight is 594 g/mol. The van der Waals surface area contributed by atoms with Gasteiger partial charge in [-0.3, -0.25) is 9.36 Å². The molecule has 9 heteroatoms. The quantitative estimate of drug-likeness (QED) is 0.0367. The van der Waals surface area contributed by atoms with E-state index < -0.39 is 13.9 Å². The van der Waals surface area contributed by atoms with Gasteiger partial charge >= 0.3 is 5.97 Å². The molecule has 2 atom stereocenters. The molecule has 0 aliphatic rings. The van der Waals surface area contributed by atoms with Crippen molar-refractivity contribution in [2.45, 2.75) is 142 Å². The van der Waals surface area contributed by atoms with Gasteiger partial charge in [0, 0.05) is 13.0 Å². The number of rotatable bonds is 30. The molecule has 0 aromatic carbocycles. The fourth-order valence-electron chi connectivity index (χ4n) is 4.29. The first kappa shape index (κ1) is 39.5. The third kappa shape index (κ3) is 29.0. The molecule has 40 heavy (non-hydrogen) atoms. The first-order valence-corrected chi connectivity index (χ1v) is 17.7. The van der Waals surface area contributed by atoms with E-state index in [4.69, 9.17) is 18.5 Å². The van der Waals surface area contributed by atoms with Gasteiger partial charge in [-0.05, 0) is 12.8 Å². The Balaban J connectivity index is 3.96. The van der Waals surface area contributed by atoms with E-state index in [0.29, 0.717) is 24.1 Å². The topological polar surface area (TPSA) is 94.1 Å². The molecule has 0 fully saturated rings. The summed E-state index contributed by atoms with van der Waals surface area (Å²) < 4.78 is 33.8. The maximum absolute atomic E-state index is 12.1. The second-order valence-electron chi connectivity index (χ2n) is 12.2. The maximum atomic E-state index is 12.1. The van der Waals surface area contributed by atoms with E-state index in [0.717, 1.165) is 25.7 Å². The summed E-state index contributed by atoms with van der Waals surface area (Å²) in [6.07, 6.45) is 22.1. The number of carbonyl (C=O) groups is 1. The Labute approximate surface area is 247 Å². The number of phosphoric ester groups is 1. The summed E-state index contributed by atoms with van der Waals surface area (Å²) in [5.74, 6) is -0.367. The lowest BCUT2D eigenvalue weighted by Gasteiger charge is -2.28. The lowest BCUT2D eigenvalue weighted by molar-refractivity contribution is -0.870. The summed E-state index contributed by atoms with van der Waals surface area (Å²) >= 11 is 0. The monoisotopic (exact) mass is 593 g/mol. The number of esters is 1. The minimum absolute atomic E-state index is 0.0288. The number of likely N-dealkylation sites (N-methyl/N-ethyl adjacent to an activating group) is 1. The van der Waals surface area contributed by atoms with E-state index >= 15 is 0 Å². The predicted molar refractivity (Wildman–Crippen MR) is 162 cm³/mol. The smallest absolute Gasteiger partial charge is 0.306 e. The van der Waals surface area contributed by atoms with Gasteiger partial charge in [0.2, 0.25) is 0 Å². The van der Waals surface area contributed by atoms with Gasteiger partial charge in [0.15, 0.2) is 0 Å². The molecule has 0 amide bonds. The largest absolute Gasteiger partial charge is 0.756 e. The molecule has 0 saturated heterocycles. The summed E-state index contributed by atoms with van der Waals surface area (Å²) in [6, 6.07) is 0. The number of carbonyl (C=O) groups excluding carboxylic acids is 1. The van der Waals surface area contributed by atoms with Crippen molar-refractivity contribution in [2.75, 3.05) is 54.1 Å². The van der Waals surface area contributed by atoms with Crippen LogP contribution in [0.3, 0.4) is 0 Å². The number of quaternary nitrogens is 1. The summed E-state index contributed by atoms with van der Waals surface area (Å²) in [5.41, 5.74) is 0. The molecular formula is C31H64NO7P. The minimum Gasteiger partial charge on any atom is -0.756 e. The van der Waals surface area contributed by atoms with Crippen molar-refractivity contribution in [1.82, 2.24) is 0 Å². The Morgan fingerprint density at radius 2 is 1.15 bits per heavy atom. The molecule has 0 N–H and O–H groups in total. The van der Waals surface area contributed by atoms with Crippen LogP contribution in [0, 0.1) is 0 Å². The number of phosphoric acid groups is 1. The zero-order valence-electron chi connectivity index (χ0n) is 26.8. The molecule has 0 aromatic heterocycles. The van der Waals surface area contributed by atoms with Crippen LogP contribution in [0.2, 0.25) is 0 Å². The highest BCUT2D eigenvalue weighted by molar-refractivity contribution is 7.45. The molecule has 0 heterocycles. The Morgan fingerprint density at radius 1 is 0.675 bits per heavy atom. The van der Waals surface area contributed by atoms with Crippen LogP contribution in [-0.2, 0) is 27.9 Å². The third-order valence-electron chi connectivity index (χ3n) is 6.91. The molecule has 0 aliphatic heterocycles. The second kappa shape index (κ2) is 26.2. The molecule has 240 valence electrons. The lowest BCUT2D eigenvalue weighted by Crippen LogP contribution is -2.37. The Bertz CT molecular complexity index is 627. The number of unbranched alkanes of at least 4 members (excludes halogenated alkanes) is 16. The van der Waals surface area contributed by atoms with Crippen LogP contribution in [0.4, 0.5) is 0 Å². The standard InChI is InChI=1S/C31H64NO7P/c1-6-8-10-11-12-13-14-15-16-17-18-19-20-21-22-23-26-36-28-30(39-31(33)24-9-7-2)29-38-40(34,35)37-27-25-32(3,4)5/h30H,6-29H2,1-5H3. The zero-order valence-corrected chi connectivity index (χ0v) is 27.7. The maximum Gasteiger partial charge on any atom is 0.306 e. The fourth-order valence-corrected chi connectivity index (χ4v) is 5.02. The van der Waals surface area contributed by atoms with Gasteiger partial charge in [-0.1, -0.05) is 117 Å². The lowest BCUT2D eigenvalue weighted by atomic mass is 10.0. The summed E-state index contributed by atoms with van der Waals surface area (Å²) in [5, 5.41) is 0. The minimum atomic E-state index is -4.48. The van der Waals surface area contributed by atoms with E-state index in [1.165, 1.54) is 89.9 Å². The molecule has 0 saturated carbocycles. The highest BCUT2D eigenvalue weighted by Crippen LogP contribution is 2.38. The van der Waals surface area contributed by atoms with Crippen LogP contribution in [-0.4, -0.2) is 70.7 Å². The average Bonchev–Trinajstić information content (AvgIpc) is 2.88. The van der Waals surface area contributed by atoms with E-state index in [1.807, 2.05) is 28.1 Å². The van der Waals surface area contributed by atoms with Crippen molar-refractivity contribution in [3.63, 3.8) is 0 Å². The molecule has 0 radical (unpaired) electrons. The molecular weight excluding hydrogens is 529 g/mol. The van der Waals surface area contributed by atoms with Crippen molar-refractivity contribution in [1.29, 1.82) is 0 Å². The van der Waals surface area contributed by atoms with Crippen molar-refractivity contribution in [3.8, 4) is 0 Å². The van der Waals surface area contributed by atoms with E-state index in [2.05, 4.69) is 6.92 Å². The second-order valence-corrected chi connectivity index (χ2v) is 13.6. The SMILES string of the molecule is CCCCCCCCCCCCCCCCCCOCC(COP(=O)([O-])OCC[N+](C)(C)C)OC(=O)CCCC. The molecule has 0 aliphatic carbocycles. The third-order valence-corrected chi connectivity index (χ3v) is 7.87. The van der Waals surface area contributed by atoms with Crippen molar-refractivity contribution in [3.05, 3.63) is 0 Å². The van der Waals surface area contributed by atoms with Gasteiger partial charge in [-0.15, -0.1) is 0 Å². The van der Waals surface area contributed by atoms with E-state index in [9.17, 15) is 14.3 Å². The van der Waals surface area contributed by atoms with Gasteiger partial charge in [-0.2, -0.15) is 0 Å². The predicted octanol–water partition coefficient (Wildman–Crippen LogP) is 7.57. The highest BCUT2D eigenvalue weighted by Gasteiger charge is 2.20. The van der Waals surface area contributed by atoms with Crippen LogP contribution in [0.25, 0.3) is 0 Å². The summed E-state index contributed by atoms with van der Waals surface area (Å²) in [4.78, 5) is 24.2. The number of ether oxygens (including phenoxy) is 2. The van der Waals surface area contributed by atoms with Crippen LogP contribution in [0.1, 0.15) is 136 Å². The first-order chi connectivity index (χ1) is 19.1. The highest BCUT2D eigenvalue weighted by atomic mass is 31.2. The summed E-state index contributed by atoms with van der Waals surface area (Å²) in [6.45, 7) is 5.17. The number of hydrogen-bond donors (Lipinski definition) is 0. The van der Waals surface area contributed by atoms with Crippen molar-refractivity contribution < 1.29 is 37.3 Å². The molecule has 8 nitrogen and oxygen atoms in total. The summed E-state index contributed by atoms with van der Waals surface area (Å²) in [7, 11) is 1.36. The van der Waals surface area contributed by atoms with Gasteiger partial charge in [0.25, 0.3) is 7.82 Å². The molecule has 2 unspecified atom stereocenters. The Hall–Kier alpha value is -0.500. The number of hydrogen-bond acceptors (Lipinski definition) is 7. The van der Waals surface area contributed by atoms with E-state index in [1.54, 1.807) is 0 Å². The normalized spacial score (nSPS) is 14.2. The molecule has 0 aromatic rings. The van der Waals surface area contributed by atoms with Gasteiger partial charge in [0.1, 0.15) is 19.3 Å². The van der Waals surface area contributed by atoms with Crippen LogP contribution in [0.15, 0.2) is 0 Å². The number of nitrogens with zero attached hydrogens (tertiary/aromatic N) is 1. The van der Waals surface area contributed by atoms with Crippen molar-refractivity contribution >= 4 is 13.8 Å². The molecule has 0 rings (SSSR count). The van der Waals surface area contributed by atoms with Crippen LogP contribution >= 0.6 is 7.82 Å². The Kier molecular flexibility index (Phi) is 25.8.